The van der Waals surface area contributed by atoms with E-state index in [0.717, 1.165) is 17.1 Å². The average molecular weight is 300 g/mol. The van der Waals surface area contributed by atoms with Crippen LogP contribution in [0.3, 0.4) is 0 Å². The summed E-state index contributed by atoms with van der Waals surface area (Å²) in [4.78, 5) is 0. The van der Waals surface area contributed by atoms with Crippen LogP contribution in [-0.2, 0) is 5.33 Å². The summed E-state index contributed by atoms with van der Waals surface area (Å²) in [6, 6.07) is 0.451. The molecule has 96 valence electrons. The molecule has 0 N–H and O–H groups in total. The highest BCUT2D eigenvalue weighted by molar-refractivity contribution is 9.08. The van der Waals surface area contributed by atoms with Crippen molar-refractivity contribution >= 4 is 15.9 Å². The third-order valence-electron chi connectivity index (χ3n) is 3.81. The molecule has 0 radical (unpaired) electrons. The zero-order chi connectivity index (χ0) is 12.4. The summed E-state index contributed by atoms with van der Waals surface area (Å²) >= 11 is 3.50. The lowest BCUT2D eigenvalue weighted by Gasteiger charge is -2.26. The summed E-state index contributed by atoms with van der Waals surface area (Å²) in [5.41, 5.74) is 0. The normalized spacial score (nSPS) is 25.5. The maximum absolute atomic E-state index is 4.44. The third kappa shape index (κ3) is 2.72. The van der Waals surface area contributed by atoms with Gasteiger partial charge in [0.25, 0.3) is 0 Å². The molecule has 2 rings (SSSR count). The number of hydrogen-bond donors (Lipinski definition) is 0. The van der Waals surface area contributed by atoms with Gasteiger partial charge in [-0.05, 0) is 32.6 Å². The van der Waals surface area contributed by atoms with Gasteiger partial charge in [-0.2, -0.15) is 0 Å². The van der Waals surface area contributed by atoms with E-state index < -0.39 is 0 Å². The number of aromatic nitrogens is 3. The van der Waals surface area contributed by atoms with Crippen molar-refractivity contribution in [2.45, 2.75) is 63.7 Å². The maximum atomic E-state index is 4.44. The topological polar surface area (TPSA) is 30.7 Å². The van der Waals surface area contributed by atoms with E-state index in [1.807, 2.05) is 0 Å². The van der Waals surface area contributed by atoms with Crippen molar-refractivity contribution in [2.75, 3.05) is 0 Å². The van der Waals surface area contributed by atoms with Gasteiger partial charge in [0.1, 0.15) is 11.6 Å². The van der Waals surface area contributed by atoms with Gasteiger partial charge in [0.05, 0.1) is 5.33 Å². The van der Waals surface area contributed by atoms with E-state index in [2.05, 4.69) is 51.5 Å². The van der Waals surface area contributed by atoms with Crippen molar-refractivity contribution in [1.82, 2.24) is 14.8 Å². The molecule has 0 saturated heterocycles. The first-order chi connectivity index (χ1) is 8.13. The third-order valence-corrected chi connectivity index (χ3v) is 4.31. The van der Waals surface area contributed by atoms with Gasteiger partial charge < -0.3 is 4.57 Å². The van der Waals surface area contributed by atoms with Crippen LogP contribution in [0.5, 0.6) is 0 Å². The predicted octanol–water partition coefficient (Wildman–Crippen LogP) is 4.05. The first kappa shape index (κ1) is 13.1. The molecule has 1 saturated carbocycles. The van der Waals surface area contributed by atoms with E-state index >= 15 is 0 Å². The lowest BCUT2D eigenvalue weighted by Crippen LogP contribution is -2.17. The van der Waals surface area contributed by atoms with E-state index in [1.54, 1.807) is 0 Å². The molecule has 1 aromatic heterocycles. The summed E-state index contributed by atoms with van der Waals surface area (Å²) in [6.45, 7) is 6.78. The Hall–Kier alpha value is -0.380. The molecule has 0 aromatic carbocycles. The van der Waals surface area contributed by atoms with Crippen LogP contribution in [0.1, 0.15) is 70.1 Å². The van der Waals surface area contributed by atoms with Crippen molar-refractivity contribution in [3.63, 3.8) is 0 Å². The molecule has 1 heterocycles. The fourth-order valence-electron chi connectivity index (χ4n) is 2.79. The Balaban J connectivity index is 2.23. The average Bonchev–Trinajstić information content (AvgIpc) is 2.73. The van der Waals surface area contributed by atoms with Gasteiger partial charge in [-0.15, -0.1) is 10.2 Å². The van der Waals surface area contributed by atoms with Crippen LogP contribution in [0.15, 0.2) is 0 Å². The molecule has 1 aliphatic carbocycles. The van der Waals surface area contributed by atoms with Gasteiger partial charge in [0, 0.05) is 12.0 Å². The summed E-state index contributed by atoms with van der Waals surface area (Å²) in [5, 5.41) is 9.55. The van der Waals surface area contributed by atoms with Crippen LogP contribution < -0.4 is 0 Å². The quantitative estimate of drug-likeness (QED) is 0.789. The monoisotopic (exact) mass is 299 g/mol. The van der Waals surface area contributed by atoms with E-state index in [9.17, 15) is 0 Å². The molecule has 0 amide bonds. The summed E-state index contributed by atoms with van der Waals surface area (Å²) in [7, 11) is 0. The van der Waals surface area contributed by atoms with Crippen LogP contribution in [-0.4, -0.2) is 14.8 Å². The van der Waals surface area contributed by atoms with E-state index in [4.69, 9.17) is 0 Å². The highest BCUT2D eigenvalue weighted by Gasteiger charge is 2.26. The summed E-state index contributed by atoms with van der Waals surface area (Å²) in [5.74, 6) is 3.78. The second-order valence-electron chi connectivity index (χ2n) is 5.53. The van der Waals surface area contributed by atoms with Crippen molar-refractivity contribution in [1.29, 1.82) is 0 Å². The molecule has 0 unspecified atom stereocenters. The Morgan fingerprint density at radius 1 is 1.24 bits per heavy atom. The van der Waals surface area contributed by atoms with Crippen molar-refractivity contribution < 1.29 is 0 Å². The standard InChI is InChI=1S/C13H22BrN3/c1-9(2)17-12(8-14)15-16-13(17)11-6-4-10(3)5-7-11/h9-11H,4-8H2,1-3H3. The van der Waals surface area contributed by atoms with Gasteiger partial charge >= 0.3 is 0 Å². The molecule has 1 aromatic rings. The molecule has 1 aliphatic rings. The lowest BCUT2D eigenvalue weighted by atomic mass is 9.82. The molecular formula is C13H22BrN3. The minimum absolute atomic E-state index is 0.451. The van der Waals surface area contributed by atoms with Gasteiger partial charge in [0.15, 0.2) is 0 Å². The van der Waals surface area contributed by atoms with Gasteiger partial charge in [0.2, 0.25) is 0 Å². The lowest BCUT2D eigenvalue weighted by molar-refractivity contribution is 0.329. The van der Waals surface area contributed by atoms with E-state index in [-0.39, 0.29) is 0 Å². The first-order valence-corrected chi connectivity index (χ1v) is 7.75. The minimum Gasteiger partial charge on any atom is -0.311 e. The minimum atomic E-state index is 0.451. The van der Waals surface area contributed by atoms with Crippen LogP contribution in [0.4, 0.5) is 0 Å². The van der Waals surface area contributed by atoms with Gasteiger partial charge in [-0.3, -0.25) is 0 Å². The molecule has 1 fully saturated rings. The van der Waals surface area contributed by atoms with Crippen LogP contribution in [0.2, 0.25) is 0 Å². The maximum Gasteiger partial charge on any atom is 0.143 e. The smallest absolute Gasteiger partial charge is 0.143 e. The molecule has 0 aliphatic heterocycles. The van der Waals surface area contributed by atoms with Crippen LogP contribution in [0, 0.1) is 5.92 Å². The Morgan fingerprint density at radius 3 is 2.41 bits per heavy atom. The fourth-order valence-corrected chi connectivity index (χ4v) is 3.17. The fraction of sp³-hybridized carbons (Fsp3) is 0.846. The number of halogens is 1. The highest BCUT2D eigenvalue weighted by Crippen LogP contribution is 2.35. The number of nitrogens with zero attached hydrogens (tertiary/aromatic N) is 3. The van der Waals surface area contributed by atoms with E-state index in [0.29, 0.717) is 12.0 Å². The van der Waals surface area contributed by atoms with Gasteiger partial charge in [-0.1, -0.05) is 35.7 Å². The number of rotatable bonds is 3. The highest BCUT2D eigenvalue weighted by atomic mass is 79.9. The molecule has 0 atom stereocenters. The zero-order valence-electron chi connectivity index (χ0n) is 11.0. The zero-order valence-corrected chi connectivity index (χ0v) is 12.6. The molecule has 0 bridgehead atoms. The second kappa shape index (κ2) is 5.51. The van der Waals surface area contributed by atoms with Crippen molar-refractivity contribution in [3.8, 4) is 0 Å². The molecule has 0 spiro atoms. The van der Waals surface area contributed by atoms with E-state index in [1.165, 1.54) is 31.5 Å². The Bertz CT molecular complexity index is 365. The van der Waals surface area contributed by atoms with Crippen LogP contribution >= 0.6 is 15.9 Å². The molecular weight excluding hydrogens is 278 g/mol. The molecule has 17 heavy (non-hydrogen) atoms. The molecule has 3 nitrogen and oxygen atoms in total. The Morgan fingerprint density at radius 2 is 1.88 bits per heavy atom. The number of hydrogen-bond acceptors (Lipinski definition) is 2. The molecule has 4 heteroatoms. The second-order valence-corrected chi connectivity index (χ2v) is 6.09. The van der Waals surface area contributed by atoms with Crippen molar-refractivity contribution in [2.24, 2.45) is 5.92 Å². The number of alkyl halides is 1. The van der Waals surface area contributed by atoms with Crippen LogP contribution in [0.25, 0.3) is 0 Å². The Kier molecular flexibility index (Phi) is 4.23. The SMILES string of the molecule is CC1CCC(c2nnc(CBr)n2C(C)C)CC1. The summed E-state index contributed by atoms with van der Waals surface area (Å²) < 4.78 is 2.31. The first-order valence-electron chi connectivity index (χ1n) is 6.63. The van der Waals surface area contributed by atoms with Gasteiger partial charge in [-0.25, -0.2) is 0 Å². The predicted molar refractivity (Wildman–Crippen MR) is 73.4 cm³/mol. The largest absolute Gasteiger partial charge is 0.311 e. The Labute approximate surface area is 112 Å². The van der Waals surface area contributed by atoms with Crippen molar-refractivity contribution in [3.05, 3.63) is 11.6 Å². The summed E-state index contributed by atoms with van der Waals surface area (Å²) in [6.07, 6.45) is 5.21.